The van der Waals surface area contributed by atoms with E-state index < -0.39 is 42.7 Å². The Labute approximate surface area is 165 Å². The zero-order valence-corrected chi connectivity index (χ0v) is 15.5. The highest BCUT2D eigenvalue weighted by Crippen LogP contribution is 2.29. The molecule has 2 aromatic carbocycles. The van der Waals surface area contributed by atoms with Crippen LogP contribution >= 0.6 is 0 Å². The number of nitrogens with one attached hydrogen (secondary N) is 2. The summed E-state index contributed by atoms with van der Waals surface area (Å²) in [7, 11) is 0. The lowest BCUT2D eigenvalue weighted by molar-refractivity contribution is -0.147. The molecule has 0 aliphatic carbocycles. The number of carbonyl (C=O) groups is 3. The fourth-order valence-electron chi connectivity index (χ4n) is 2.32. The molecular weight excluding hydrogens is 389 g/mol. The number of hydrogen-bond acceptors (Lipinski definition) is 4. The maximum absolute atomic E-state index is 12.5. The Morgan fingerprint density at radius 1 is 0.966 bits per heavy atom. The molecule has 2 aromatic rings. The Balaban J connectivity index is 1.71. The minimum absolute atomic E-state index is 0.0400. The minimum Gasteiger partial charge on any atom is -0.454 e. The van der Waals surface area contributed by atoms with E-state index in [0.717, 1.165) is 35.4 Å². The maximum Gasteiger partial charge on any atom is 0.416 e. The van der Waals surface area contributed by atoms with Gasteiger partial charge in [0.1, 0.15) is 6.54 Å². The van der Waals surface area contributed by atoms with Crippen LogP contribution in [0.2, 0.25) is 0 Å². The van der Waals surface area contributed by atoms with Crippen LogP contribution in [0.4, 0.5) is 13.2 Å². The van der Waals surface area contributed by atoms with Crippen LogP contribution in [0.3, 0.4) is 0 Å². The second kappa shape index (κ2) is 9.72. The van der Waals surface area contributed by atoms with E-state index in [0.29, 0.717) is 0 Å². The van der Waals surface area contributed by atoms with Crippen molar-refractivity contribution in [3.05, 3.63) is 70.8 Å². The third-order valence-corrected chi connectivity index (χ3v) is 3.97. The summed E-state index contributed by atoms with van der Waals surface area (Å²) in [6.07, 6.45) is -4.50. The van der Waals surface area contributed by atoms with Crippen molar-refractivity contribution in [3.8, 4) is 0 Å². The van der Waals surface area contributed by atoms with Crippen LogP contribution in [-0.2, 0) is 27.0 Å². The first-order chi connectivity index (χ1) is 13.7. The number of carbonyl (C=O) groups excluding carboxylic acids is 3. The summed E-state index contributed by atoms with van der Waals surface area (Å²) >= 11 is 0. The number of alkyl halides is 3. The monoisotopic (exact) mass is 408 g/mol. The molecule has 0 radical (unpaired) electrons. The van der Waals surface area contributed by atoms with Gasteiger partial charge in [0, 0.05) is 12.1 Å². The third-order valence-electron chi connectivity index (χ3n) is 3.97. The van der Waals surface area contributed by atoms with E-state index in [1.807, 2.05) is 31.2 Å². The van der Waals surface area contributed by atoms with E-state index in [1.54, 1.807) is 0 Å². The Morgan fingerprint density at radius 2 is 1.62 bits per heavy atom. The van der Waals surface area contributed by atoms with Crippen molar-refractivity contribution in [1.29, 1.82) is 0 Å². The summed E-state index contributed by atoms with van der Waals surface area (Å²) in [5, 5.41) is 4.83. The smallest absolute Gasteiger partial charge is 0.416 e. The molecule has 0 saturated heterocycles. The van der Waals surface area contributed by atoms with Gasteiger partial charge >= 0.3 is 12.1 Å². The summed E-state index contributed by atoms with van der Waals surface area (Å²) in [5.74, 6) is -2.09. The average molecular weight is 408 g/mol. The second-order valence-electron chi connectivity index (χ2n) is 6.12. The van der Waals surface area contributed by atoms with Crippen LogP contribution in [0.15, 0.2) is 48.5 Å². The Morgan fingerprint density at radius 3 is 2.24 bits per heavy atom. The minimum atomic E-state index is -4.50. The molecule has 0 aliphatic rings. The molecule has 0 saturated carbocycles. The largest absolute Gasteiger partial charge is 0.454 e. The number of halogens is 3. The Hall–Kier alpha value is -3.36. The topological polar surface area (TPSA) is 84.5 Å². The zero-order valence-electron chi connectivity index (χ0n) is 15.5. The number of aryl methyl sites for hydroxylation is 1. The standard InChI is InChI=1S/C20H19F3N2O4/c1-13-4-2-3-5-15(13)10-24-17(26)12-29-18(27)11-25-19(28)14-6-8-16(9-7-14)20(21,22)23/h2-9H,10-12H2,1H3,(H,24,26)(H,25,28). The molecule has 0 spiro atoms. The molecule has 0 atom stereocenters. The summed E-state index contributed by atoms with van der Waals surface area (Å²) in [6, 6.07) is 11.0. The van der Waals surface area contributed by atoms with Gasteiger partial charge < -0.3 is 15.4 Å². The number of benzene rings is 2. The first-order valence-electron chi connectivity index (χ1n) is 8.59. The van der Waals surface area contributed by atoms with Gasteiger partial charge in [0.2, 0.25) is 0 Å². The van der Waals surface area contributed by atoms with E-state index in [1.165, 1.54) is 0 Å². The molecule has 6 nitrogen and oxygen atoms in total. The number of amides is 2. The highest BCUT2D eigenvalue weighted by atomic mass is 19.4. The second-order valence-corrected chi connectivity index (χ2v) is 6.12. The van der Waals surface area contributed by atoms with Crippen LogP contribution in [0, 0.1) is 6.92 Å². The molecule has 2 rings (SSSR count). The summed E-state index contributed by atoms with van der Waals surface area (Å²) in [5.41, 5.74) is 1.01. The van der Waals surface area contributed by atoms with Crippen molar-refractivity contribution in [2.75, 3.05) is 13.2 Å². The molecule has 0 aliphatic heterocycles. The van der Waals surface area contributed by atoms with Gasteiger partial charge in [-0.05, 0) is 42.3 Å². The molecule has 29 heavy (non-hydrogen) atoms. The van der Waals surface area contributed by atoms with Gasteiger partial charge in [-0.15, -0.1) is 0 Å². The predicted molar refractivity (Wildman–Crippen MR) is 97.8 cm³/mol. The third kappa shape index (κ3) is 6.95. The molecule has 0 bridgehead atoms. The quantitative estimate of drug-likeness (QED) is 0.690. The lowest BCUT2D eigenvalue weighted by Gasteiger charge is -2.09. The van der Waals surface area contributed by atoms with Crippen LogP contribution < -0.4 is 10.6 Å². The van der Waals surface area contributed by atoms with Gasteiger partial charge in [-0.1, -0.05) is 24.3 Å². The lowest BCUT2D eigenvalue weighted by Crippen LogP contribution is -2.33. The Kier molecular flexibility index (Phi) is 7.35. The number of hydrogen-bond donors (Lipinski definition) is 2. The summed E-state index contributed by atoms with van der Waals surface area (Å²) in [4.78, 5) is 35.2. The first-order valence-corrected chi connectivity index (χ1v) is 8.59. The average Bonchev–Trinajstić information content (AvgIpc) is 2.69. The van der Waals surface area contributed by atoms with Crippen LogP contribution in [0.5, 0.6) is 0 Å². The highest BCUT2D eigenvalue weighted by Gasteiger charge is 2.30. The lowest BCUT2D eigenvalue weighted by atomic mass is 10.1. The van der Waals surface area contributed by atoms with E-state index in [2.05, 4.69) is 10.6 Å². The van der Waals surface area contributed by atoms with Gasteiger partial charge in [0.05, 0.1) is 5.56 Å². The van der Waals surface area contributed by atoms with Gasteiger partial charge in [-0.2, -0.15) is 13.2 Å². The molecule has 2 amide bonds. The van der Waals surface area contributed by atoms with Crippen molar-refractivity contribution < 1.29 is 32.3 Å². The van der Waals surface area contributed by atoms with Crippen molar-refractivity contribution in [2.24, 2.45) is 0 Å². The number of ether oxygens (including phenoxy) is 1. The zero-order chi connectivity index (χ0) is 21.4. The number of esters is 1. The van der Waals surface area contributed by atoms with E-state index >= 15 is 0 Å². The fourth-order valence-corrected chi connectivity index (χ4v) is 2.32. The highest BCUT2D eigenvalue weighted by molar-refractivity contribution is 5.96. The fraction of sp³-hybridized carbons (Fsp3) is 0.250. The van der Waals surface area contributed by atoms with Gasteiger partial charge in [-0.25, -0.2) is 0 Å². The van der Waals surface area contributed by atoms with Crippen molar-refractivity contribution in [3.63, 3.8) is 0 Å². The van der Waals surface area contributed by atoms with Crippen LogP contribution in [-0.4, -0.2) is 30.9 Å². The van der Waals surface area contributed by atoms with E-state index in [9.17, 15) is 27.6 Å². The Bertz CT molecular complexity index is 880. The normalized spacial score (nSPS) is 10.9. The van der Waals surface area contributed by atoms with Crippen LogP contribution in [0.25, 0.3) is 0 Å². The maximum atomic E-state index is 12.5. The molecule has 0 unspecified atom stereocenters. The van der Waals surface area contributed by atoms with Crippen molar-refractivity contribution in [2.45, 2.75) is 19.6 Å². The van der Waals surface area contributed by atoms with Crippen molar-refractivity contribution >= 4 is 17.8 Å². The van der Waals surface area contributed by atoms with Crippen molar-refractivity contribution in [1.82, 2.24) is 10.6 Å². The number of rotatable bonds is 7. The molecule has 0 fully saturated rings. The van der Waals surface area contributed by atoms with Gasteiger partial charge in [0.25, 0.3) is 11.8 Å². The first kappa shape index (κ1) is 21.9. The molecule has 2 N–H and O–H groups in total. The van der Waals surface area contributed by atoms with E-state index in [-0.39, 0.29) is 12.1 Å². The molecule has 0 aromatic heterocycles. The predicted octanol–water partition coefficient (Wildman–Crippen LogP) is 2.60. The van der Waals surface area contributed by atoms with Crippen LogP contribution in [0.1, 0.15) is 27.0 Å². The molecule has 154 valence electrons. The van der Waals surface area contributed by atoms with E-state index in [4.69, 9.17) is 4.74 Å². The van der Waals surface area contributed by atoms with Gasteiger partial charge in [0.15, 0.2) is 6.61 Å². The summed E-state index contributed by atoms with van der Waals surface area (Å²) in [6.45, 7) is 1.15. The SMILES string of the molecule is Cc1ccccc1CNC(=O)COC(=O)CNC(=O)c1ccc(C(F)(F)F)cc1. The molecule has 0 heterocycles. The molecule has 9 heteroatoms. The van der Waals surface area contributed by atoms with Gasteiger partial charge in [-0.3, -0.25) is 14.4 Å². The molecular formula is C20H19F3N2O4. The summed E-state index contributed by atoms with van der Waals surface area (Å²) < 4.78 is 42.3.